The van der Waals surface area contributed by atoms with Gasteiger partial charge in [-0.2, -0.15) is 10.5 Å². The van der Waals surface area contributed by atoms with Crippen molar-refractivity contribution < 1.29 is 9.53 Å². The standard InChI is InChI=1S/C24H18ClN3O2/c1-2-19-5-3-4-6-22(19)28-24(29)13-16-7-8-23(21(25)12-16)30-20-10-17(14-26)9-18(11-20)15-27/h3-12H,2,13H2,1H3,(H,28,29). The van der Waals surface area contributed by atoms with Crippen molar-refractivity contribution in [2.45, 2.75) is 19.8 Å². The van der Waals surface area contributed by atoms with Crippen LogP contribution < -0.4 is 10.1 Å². The van der Waals surface area contributed by atoms with Gasteiger partial charge in [-0.15, -0.1) is 0 Å². The van der Waals surface area contributed by atoms with Crippen molar-refractivity contribution in [2.24, 2.45) is 0 Å². The number of nitrogens with zero attached hydrogens (tertiary/aromatic N) is 2. The first-order valence-electron chi connectivity index (χ1n) is 9.31. The molecule has 0 aliphatic rings. The van der Waals surface area contributed by atoms with Gasteiger partial charge in [0.15, 0.2) is 0 Å². The summed E-state index contributed by atoms with van der Waals surface area (Å²) in [6, 6.07) is 21.3. The van der Waals surface area contributed by atoms with E-state index in [4.69, 9.17) is 26.9 Å². The van der Waals surface area contributed by atoms with Crippen LogP contribution in [-0.4, -0.2) is 5.91 Å². The average Bonchev–Trinajstić information content (AvgIpc) is 2.75. The fourth-order valence-electron chi connectivity index (χ4n) is 2.98. The maximum atomic E-state index is 12.4. The predicted octanol–water partition coefficient (Wildman–Crippen LogP) is 5.62. The number of aryl methyl sites for hydroxylation is 1. The topological polar surface area (TPSA) is 85.9 Å². The SMILES string of the molecule is CCc1ccccc1NC(=O)Cc1ccc(Oc2cc(C#N)cc(C#N)c2)c(Cl)c1. The number of amides is 1. The van der Waals surface area contributed by atoms with Gasteiger partial charge >= 0.3 is 0 Å². The molecule has 0 aromatic heterocycles. The van der Waals surface area contributed by atoms with Crippen LogP contribution in [0.15, 0.2) is 60.7 Å². The van der Waals surface area contributed by atoms with Crippen molar-refractivity contribution in [1.29, 1.82) is 10.5 Å². The first-order valence-corrected chi connectivity index (χ1v) is 9.69. The van der Waals surface area contributed by atoms with Gasteiger partial charge in [0.25, 0.3) is 0 Å². The lowest BCUT2D eigenvalue weighted by molar-refractivity contribution is -0.115. The highest BCUT2D eigenvalue weighted by Gasteiger charge is 2.11. The Balaban J connectivity index is 1.72. The van der Waals surface area contributed by atoms with Gasteiger partial charge < -0.3 is 10.1 Å². The summed E-state index contributed by atoms with van der Waals surface area (Å²) in [5.41, 5.74) is 3.26. The third kappa shape index (κ3) is 5.17. The average molecular weight is 416 g/mol. The number of carbonyl (C=O) groups is 1. The normalized spacial score (nSPS) is 10.0. The minimum atomic E-state index is -0.138. The molecule has 0 heterocycles. The molecule has 3 aromatic rings. The summed E-state index contributed by atoms with van der Waals surface area (Å²) >= 11 is 6.33. The Morgan fingerprint density at radius 1 is 1.03 bits per heavy atom. The quantitative estimate of drug-likeness (QED) is 0.566. The smallest absolute Gasteiger partial charge is 0.228 e. The molecule has 0 aliphatic carbocycles. The number of nitriles is 2. The second-order valence-electron chi connectivity index (χ2n) is 6.57. The van der Waals surface area contributed by atoms with E-state index in [1.54, 1.807) is 18.2 Å². The Labute approximate surface area is 180 Å². The number of para-hydroxylation sites is 1. The Hall–Kier alpha value is -3.80. The highest BCUT2D eigenvalue weighted by atomic mass is 35.5. The zero-order chi connectivity index (χ0) is 21.5. The lowest BCUT2D eigenvalue weighted by atomic mass is 10.1. The molecule has 3 rings (SSSR count). The second kappa shape index (κ2) is 9.60. The van der Waals surface area contributed by atoms with Gasteiger partial charge in [0.1, 0.15) is 11.5 Å². The number of rotatable bonds is 6. The molecule has 3 aromatic carbocycles. The van der Waals surface area contributed by atoms with Crippen molar-refractivity contribution in [3.8, 4) is 23.6 Å². The highest BCUT2D eigenvalue weighted by molar-refractivity contribution is 6.32. The summed E-state index contributed by atoms with van der Waals surface area (Å²) < 4.78 is 5.75. The van der Waals surface area contributed by atoms with E-state index >= 15 is 0 Å². The molecule has 148 valence electrons. The van der Waals surface area contributed by atoms with E-state index in [-0.39, 0.29) is 12.3 Å². The molecule has 0 fully saturated rings. The van der Waals surface area contributed by atoms with Gasteiger partial charge in [-0.25, -0.2) is 0 Å². The van der Waals surface area contributed by atoms with E-state index in [0.717, 1.165) is 23.2 Å². The summed E-state index contributed by atoms with van der Waals surface area (Å²) in [5.74, 6) is 0.575. The molecule has 0 saturated carbocycles. The molecule has 0 bridgehead atoms. The number of benzene rings is 3. The van der Waals surface area contributed by atoms with E-state index in [0.29, 0.717) is 27.6 Å². The minimum absolute atomic E-state index is 0.138. The van der Waals surface area contributed by atoms with Crippen LogP contribution in [0.25, 0.3) is 0 Å². The maximum absolute atomic E-state index is 12.4. The highest BCUT2D eigenvalue weighted by Crippen LogP contribution is 2.31. The van der Waals surface area contributed by atoms with Gasteiger partial charge in [-0.3, -0.25) is 4.79 Å². The first kappa shape index (κ1) is 20.9. The number of ether oxygens (including phenoxy) is 1. The first-order chi connectivity index (χ1) is 14.5. The van der Waals surface area contributed by atoms with Crippen molar-refractivity contribution in [2.75, 3.05) is 5.32 Å². The van der Waals surface area contributed by atoms with E-state index in [1.165, 1.54) is 18.2 Å². The Morgan fingerprint density at radius 3 is 2.37 bits per heavy atom. The van der Waals surface area contributed by atoms with Crippen LogP contribution in [0.2, 0.25) is 5.02 Å². The fraction of sp³-hybridized carbons (Fsp3) is 0.125. The number of carbonyl (C=O) groups excluding carboxylic acids is 1. The molecule has 1 N–H and O–H groups in total. The summed E-state index contributed by atoms with van der Waals surface area (Å²) in [5, 5.41) is 21.4. The molecule has 30 heavy (non-hydrogen) atoms. The second-order valence-corrected chi connectivity index (χ2v) is 6.98. The van der Waals surface area contributed by atoms with E-state index in [1.807, 2.05) is 43.3 Å². The molecule has 0 aliphatic heterocycles. The monoisotopic (exact) mass is 415 g/mol. The zero-order valence-electron chi connectivity index (χ0n) is 16.3. The molecular formula is C24H18ClN3O2. The molecule has 6 heteroatoms. The minimum Gasteiger partial charge on any atom is -0.456 e. The molecule has 0 radical (unpaired) electrons. The van der Waals surface area contributed by atoms with Crippen LogP contribution in [0.3, 0.4) is 0 Å². The molecule has 0 spiro atoms. The molecule has 0 unspecified atom stereocenters. The van der Waals surface area contributed by atoms with Crippen molar-refractivity contribution in [3.05, 3.63) is 87.9 Å². The van der Waals surface area contributed by atoms with Gasteiger partial charge in [0.2, 0.25) is 5.91 Å². The van der Waals surface area contributed by atoms with E-state index in [9.17, 15) is 4.79 Å². The molecule has 0 atom stereocenters. The van der Waals surface area contributed by atoms with Crippen molar-refractivity contribution in [1.82, 2.24) is 0 Å². The molecular weight excluding hydrogens is 398 g/mol. The zero-order valence-corrected chi connectivity index (χ0v) is 17.0. The number of hydrogen-bond acceptors (Lipinski definition) is 4. The van der Waals surface area contributed by atoms with Crippen LogP contribution in [-0.2, 0) is 17.6 Å². The molecule has 0 saturated heterocycles. The van der Waals surface area contributed by atoms with Crippen LogP contribution in [0.4, 0.5) is 5.69 Å². The van der Waals surface area contributed by atoms with Crippen LogP contribution in [0.5, 0.6) is 11.5 Å². The van der Waals surface area contributed by atoms with Crippen LogP contribution in [0.1, 0.15) is 29.2 Å². The summed E-state index contributed by atoms with van der Waals surface area (Å²) in [4.78, 5) is 12.4. The third-order valence-electron chi connectivity index (χ3n) is 4.43. The van der Waals surface area contributed by atoms with Crippen LogP contribution >= 0.6 is 11.6 Å². The lowest BCUT2D eigenvalue weighted by Crippen LogP contribution is -2.15. The summed E-state index contributed by atoms with van der Waals surface area (Å²) in [6.07, 6.45) is 0.995. The number of halogens is 1. The van der Waals surface area contributed by atoms with Gasteiger partial charge in [-0.05, 0) is 53.9 Å². The predicted molar refractivity (Wildman–Crippen MR) is 116 cm³/mol. The maximum Gasteiger partial charge on any atom is 0.228 e. The third-order valence-corrected chi connectivity index (χ3v) is 4.72. The Kier molecular flexibility index (Phi) is 6.70. The van der Waals surface area contributed by atoms with Gasteiger partial charge in [0, 0.05) is 5.69 Å². The van der Waals surface area contributed by atoms with E-state index < -0.39 is 0 Å². The summed E-state index contributed by atoms with van der Waals surface area (Å²) in [7, 11) is 0. The lowest BCUT2D eigenvalue weighted by Gasteiger charge is -2.11. The molecule has 5 nitrogen and oxygen atoms in total. The van der Waals surface area contributed by atoms with Gasteiger partial charge in [0.05, 0.1) is 34.7 Å². The van der Waals surface area contributed by atoms with Crippen LogP contribution in [0, 0.1) is 22.7 Å². The number of anilines is 1. The van der Waals surface area contributed by atoms with Gasteiger partial charge in [-0.1, -0.05) is 42.8 Å². The molecule has 1 amide bonds. The summed E-state index contributed by atoms with van der Waals surface area (Å²) in [6.45, 7) is 2.04. The fourth-order valence-corrected chi connectivity index (χ4v) is 3.22. The number of nitrogens with one attached hydrogen (secondary N) is 1. The largest absolute Gasteiger partial charge is 0.456 e. The van der Waals surface area contributed by atoms with Crippen molar-refractivity contribution >= 4 is 23.2 Å². The van der Waals surface area contributed by atoms with E-state index in [2.05, 4.69) is 5.32 Å². The van der Waals surface area contributed by atoms with Crippen molar-refractivity contribution in [3.63, 3.8) is 0 Å². The number of hydrogen-bond donors (Lipinski definition) is 1. The Bertz CT molecular complexity index is 1140. The Morgan fingerprint density at radius 2 is 1.73 bits per heavy atom.